The number of nitrogens with zero attached hydrogens (tertiary/aromatic N) is 1. The van der Waals surface area contributed by atoms with E-state index in [-0.39, 0.29) is 23.4 Å². The highest BCUT2D eigenvalue weighted by Gasteiger charge is 2.60. The van der Waals surface area contributed by atoms with Crippen LogP contribution in [0.5, 0.6) is 0 Å². The van der Waals surface area contributed by atoms with E-state index in [1.54, 1.807) is 0 Å². The molecule has 2 aliphatic rings. The van der Waals surface area contributed by atoms with Crippen LogP contribution >= 0.6 is 0 Å². The van der Waals surface area contributed by atoms with Crippen LogP contribution in [-0.2, 0) is 11.3 Å². The molecule has 1 saturated carbocycles. The standard InChI is InChI=1S/C24H29N3O2/c28-22-24(14-8-3-9-15-24)21(20-12-6-2-7-13-20)27(22)17-16-25-23(29)26-18-19-10-4-1-5-11-19/h1-2,4-7,10-13,21H,3,8-9,14-18H2,(H2,25,26,29). The van der Waals surface area contributed by atoms with Crippen molar-refractivity contribution in [1.29, 1.82) is 0 Å². The second-order valence-electron chi connectivity index (χ2n) is 8.12. The molecule has 1 aliphatic carbocycles. The summed E-state index contributed by atoms with van der Waals surface area (Å²) < 4.78 is 0. The van der Waals surface area contributed by atoms with Gasteiger partial charge in [0.1, 0.15) is 0 Å². The Bertz CT molecular complexity index is 832. The fourth-order valence-corrected chi connectivity index (χ4v) is 4.92. The largest absolute Gasteiger partial charge is 0.336 e. The number of carbonyl (C=O) groups excluding carboxylic acids is 2. The summed E-state index contributed by atoms with van der Waals surface area (Å²) in [4.78, 5) is 27.2. The molecule has 3 amide bonds. The van der Waals surface area contributed by atoms with Crippen molar-refractivity contribution in [2.75, 3.05) is 13.1 Å². The Labute approximate surface area is 172 Å². The molecule has 1 atom stereocenters. The van der Waals surface area contributed by atoms with Crippen LogP contribution in [0.2, 0.25) is 0 Å². The van der Waals surface area contributed by atoms with Crippen LogP contribution in [0.25, 0.3) is 0 Å². The van der Waals surface area contributed by atoms with E-state index in [1.807, 2.05) is 53.4 Å². The maximum absolute atomic E-state index is 13.1. The van der Waals surface area contributed by atoms with Gasteiger partial charge in [-0.3, -0.25) is 4.79 Å². The van der Waals surface area contributed by atoms with Crippen molar-refractivity contribution in [3.63, 3.8) is 0 Å². The molecule has 2 N–H and O–H groups in total. The molecule has 2 aromatic carbocycles. The molecule has 2 fully saturated rings. The van der Waals surface area contributed by atoms with E-state index in [0.29, 0.717) is 19.6 Å². The highest BCUT2D eigenvalue weighted by atomic mass is 16.2. The van der Waals surface area contributed by atoms with Gasteiger partial charge in [0.2, 0.25) is 5.91 Å². The molecule has 1 heterocycles. The lowest BCUT2D eigenvalue weighted by Gasteiger charge is -2.58. The lowest BCUT2D eigenvalue weighted by Crippen LogP contribution is -2.65. The van der Waals surface area contributed by atoms with Crippen LogP contribution in [0.4, 0.5) is 4.79 Å². The summed E-state index contributed by atoms with van der Waals surface area (Å²) in [6.07, 6.45) is 5.44. The van der Waals surface area contributed by atoms with Crippen molar-refractivity contribution in [2.45, 2.75) is 44.7 Å². The van der Waals surface area contributed by atoms with Crippen LogP contribution in [0, 0.1) is 5.41 Å². The summed E-state index contributed by atoms with van der Waals surface area (Å²) in [5.74, 6) is 0.262. The van der Waals surface area contributed by atoms with Gasteiger partial charge in [-0.15, -0.1) is 0 Å². The summed E-state index contributed by atoms with van der Waals surface area (Å²) in [5.41, 5.74) is 2.04. The zero-order valence-electron chi connectivity index (χ0n) is 16.8. The maximum atomic E-state index is 13.1. The summed E-state index contributed by atoms with van der Waals surface area (Å²) in [5, 5.41) is 5.76. The van der Waals surface area contributed by atoms with Gasteiger partial charge in [0.15, 0.2) is 0 Å². The lowest BCUT2D eigenvalue weighted by atomic mass is 9.60. The van der Waals surface area contributed by atoms with E-state index in [1.165, 1.54) is 12.0 Å². The molecular weight excluding hydrogens is 362 g/mol. The Balaban J connectivity index is 1.34. The fourth-order valence-electron chi connectivity index (χ4n) is 4.92. The van der Waals surface area contributed by atoms with Gasteiger partial charge in [0.25, 0.3) is 0 Å². The van der Waals surface area contributed by atoms with Crippen molar-refractivity contribution >= 4 is 11.9 Å². The van der Waals surface area contributed by atoms with Crippen LogP contribution < -0.4 is 10.6 Å². The van der Waals surface area contributed by atoms with Crippen molar-refractivity contribution in [3.05, 3.63) is 71.8 Å². The molecule has 1 unspecified atom stereocenters. The molecule has 1 saturated heterocycles. The van der Waals surface area contributed by atoms with E-state index < -0.39 is 0 Å². The van der Waals surface area contributed by atoms with Gasteiger partial charge in [-0.1, -0.05) is 79.9 Å². The highest BCUT2D eigenvalue weighted by molar-refractivity contribution is 5.91. The van der Waals surface area contributed by atoms with Crippen molar-refractivity contribution in [1.82, 2.24) is 15.5 Å². The molecule has 1 spiro atoms. The van der Waals surface area contributed by atoms with Gasteiger partial charge < -0.3 is 15.5 Å². The molecule has 5 heteroatoms. The third-order valence-electron chi connectivity index (χ3n) is 6.32. The summed E-state index contributed by atoms with van der Waals surface area (Å²) in [6, 6.07) is 20.1. The molecule has 0 bridgehead atoms. The molecule has 4 rings (SSSR count). The third-order valence-corrected chi connectivity index (χ3v) is 6.32. The zero-order valence-corrected chi connectivity index (χ0v) is 16.8. The Hall–Kier alpha value is -2.82. The molecular formula is C24H29N3O2. The monoisotopic (exact) mass is 391 g/mol. The average molecular weight is 392 g/mol. The van der Waals surface area contributed by atoms with Crippen molar-refractivity contribution in [2.24, 2.45) is 5.41 Å². The number of rotatable bonds is 6. The number of hydrogen-bond acceptors (Lipinski definition) is 2. The van der Waals surface area contributed by atoms with Crippen LogP contribution in [-0.4, -0.2) is 29.9 Å². The number of carbonyl (C=O) groups is 2. The molecule has 2 aromatic rings. The highest BCUT2D eigenvalue weighted by Crippen LogP contribution is 2.57. The first-order valence-corrected chi connectivity index (χ1v) is 10.6. The number of urea groups is 1. The number of β-lactam (4-membered cyclic amide) rings is 1. The van der Waals surface area contributed by atoms with Crippen LogP contribution in [0.15, 0.2) is 60.7 Å². The topological polar surface area (TPSA) is 61.4 Å². The minimum Gasteiger partial charge on any atom is -0.336 e. The minimum atomic E-state index is -0.227. The zero-order chi connectivity index (χ0) is 20.1. The molecule has 152 valence electrons. The van der Waals surface area contributed by atoms with E-state index in [2.05, 4.69) is 22.8 Å². The smallest absolute Gasteiger partial charge is 0.315 e. The molecule has 0 radical (unpaired) electrons. The second kappa shape index (κ2) is 8.68. The van der Waals surface area contributed by atoms with E-state index in [4.69, 9.17) is 0 Å². The predicted molar refractivity (Wildman–Crippen MR) is 113 cm³/mol. The third kappa shape index (κ3) is 4.00. The van der Waals surface area contributed by atoms with Gasteiger partial charge in [-0.25, -0.2) is 4.79 Å². The van der Waals surface area contributed by atoms with E-state index >= 15 is 0 Å². The lowest BCUT2D eigenvalue weighted by molar-refractivity contribution is -0.178. The number of benzene rings is 2. The second-order valence-corrected chi connectivity index (χ2v) is 8.12. The van der Waals surface area contributed by atoms with E-state index in [9.17, 15) is 9.59 Å². The minimum absolute atomic E-state index is 0.130. The first-order chi connectivity index (χ1) is 14.2. The fraction of sp³-hybridized carbons (Fsp3) is 0.417. The number of nitrogens with one attached hydrogen (secondary N) is 2. The molecule has 1 aliphatic heterocycles. The number of likely N-dealkylation sites (tertiary alicyclic amines) is 1. The van der Waals surface area contributed by atoms with Gasteiger partial charge in [0, 0.05) is 19.6 Å². The first-order valence-electron chi connectivity index (χ1n) is 10.6. The van der Waals surface area contributed by atoms with Gasteiger partial charge in [-0.2, -0.15) is 0 Å². The summed E-state index contributed by atoms with van der Waals surface area (Å²) >= 11 is 0. The van der Waals surface area contributed by atoms with Crippen LogP contribution in [0.3, 0.4) is 0 Å². The number of amides is 3. The number of hydrogen-bond donors (Lipinski definition) is 2. The van der Waals surface area contributed by atoms with Crippen molar-refractivity contribution < 1.29 is 9.59 Å². The summed E-state index contributed by atoms with van der Waals surface area (Å²) in [7, 11) is 0. The molecule has 5 nitrogen and oxygen atoms in total. The van der Waals surface area contributed by atoms with E-state index in [0.717, 1.165) is 31.2 Å². The Morgan fingerprint density at radius 3 is 2.28 bits per heavy atom. The van der Waals surface area contributed by atoms with Crippen molar-refractivity contribution in [3.8, 4) is 0 Å². The predicted octanol–water partition coefficient (Wildman–Crippen LogP) is 4.02. The molecule has 0 aromatic heterocycles. The van der Waals surface area contributed by atoms with Crippen LogP contribution in [0.1, 0.15) is 49.3 Å². The maximum Gasteiger partial charge on any atom is 0.315 e. The average Bonchev–Trinajstić information content (AvgIpc) is 2.78. The summed E-state index contributed by atoms with van der Waals surface area (Å²) in [6.45, 7) is 1.48. The quantitative estimate of drug-likeness (QED) is 0.731. The van der Waals surface area contributed by atoms with Gasteiger partial charge >= 0.3 is 6.03 Å². The first kappa shape index (κ1) is 19.5. The van der Waals surface area contributed by atoms with Gasteiger partial charge in [0.05, 0.1) is 11.5 Å². The Kier molecular flexibility index (Phi) is 5.84. The Morgan fingerprint density at radius 2 is 1.59 bits per heavy atom. The van der Waals surface area contributed by atoms with Gasteiger partial charge in [-0.05, 0) is 24.0 Å². The molecule has 29 heavy (non-hydrogen) atoms. The normalized spacial score (nSPS) is 20.2. The SMILES string of the molecule is O=C(NCCN1C(=O)C2(CCCCC2)C1c1ccccc1)NCc1ccccc1. The Morgan fingerprint density at radius 1 is 0.931 bits per heavy atom.